The fourth-order valence-corrected chi connectivity index (χ4v) is 8.57. The number of ether oxygens (including phenoxy) is 1. The Morgan fingerprint density at radius 1 is 0.906 bits per heavy atom. The molecule has 4 aromatic heterocycles. The van der Waals surface area contributed by atoms with Crippen molar-refractivity contribution in [1.29, 1.82) is 0 Å². The van der Waals surface area contributed by atoms with E-state index in [9.17, 15) is 28.5 Å². The van der Waals surface area contributed by atoms with Crippen LogP contribution in [0.3, 0.4) is 0 Å². The van der Waals surface area contributed by atoms with Gasteiger partial charge >= 0.3 is 5.97 Å². The van der Waals surface area contributed by atoms with Gasteiger partial charge in [-0.25, -0.2) is 13.8 Å². The largest absolute Gasteiger partial charge is 0.468 e. The molecular weight excluding hydrogens is 866 g/mol. The van der Waals surface area contributed by atoms with E-state index in [1.807, 2.05) is 16.9 Å². The Morgan fingerprint density at radius 2 is 1.43 bits per heavy atom. The first-order chi connectivity index (χ1) is 25.0. The van der Waals surface area contributed by atoms with Crippen molar-refractivity contribution in [1.82, 2.24) is 29.5 Å². The third-order valence-electron chi connectivity index (χ3n) is 10.3. The van der Waals surface area contributed by atoms with Crippen molar-refractivity contribution in [3.05, 3.63) is 115 Å². The maximum absolute atomic E-state index is 14.0. The van der Waals surface area contributed by atoms with Crippen LogP contribution < -0.4 is 5.32 Å². The number of hydrogen-bond acceptors (Lipinski definition) is 9. The molecule has 2 saturated carbocycles. The monoisotopic (exact) mass is 890 g/mol. The first-order valence-electron chi connectivity index (χ1n) is 16.0. The number of nitro groups is 1. The normalized spacial score (nSPS) is 22.5. The van der Waals surface area contributed by atoms with E-state index in [0.717, 1.165) is 22.8 Å². The van der Waals surface area contributed by atoms with Gasteiger partial charge < -0.3 is 10.1 Å². The minimum absolute atomic E-state index is 0. The van der Waals surface area contributed by atoms with Crippen LogP contribution in [-0.2, 0) is 42.2 Å². The molecule has 5 heterocycles. The minimum Gasteiger partial charge on any atom is -0.468 e. The molecule has 18 heteroatoms. The van der Waals surface area contributed by atoms with Gasteiger partial charge in [-0.1, -0.05) is 0 Å². The number of methoxy groups -OCH3 is 1. The molecule has 13 nitrogen and oxygen atoms in total. The predicted molar refractivity (Wildman–Crippen MR) is 190 cm³/mol. The molecule has 0 bridgehead atoms. The van der Waals surface area contributed by atoms with Gasteiger partial charge in [0.05, 0.1) is 67.0 Å². The molecule has 0 unspecified atom stereocenters. The first kappa shape index (κ1) is 36.7. The van der Waals surface area contributed by atoms with E-state index in [4.69, 9.17) is 4.74 Å². The van der Waals surface area contributed by atoms with Crippen molar-refractivity contribution in [2.75, 3.05) is 12.4 Å². The molecule has 272 valence electrons. The van der Waals surface area contributed by atoms with Crippen LogP contribution in [0.1, 0.15) is 48.9 Å². The van der Waals surface area contributed by atoms with E-state index in [2.05, 4.69) is 57.3 Å². The number of nitrogens with one attached hydrogen (secondary N) is 1. The molecule has 53 heavy (non-hydrogen) atoms. The van der Waals surface area contributed by atoms with Gasteiger partial charge in [-0.05, 0) is 81.8 Å². The first-order valence-corrected chi connectivity index (χ1v) is 17.6. The zero-order chi connectivity index (χ0) is 36.5. The number of fused-ring (bicyclic) bond motifs is 5. The van der Waals surface area contributed by atoms with Gasteiger partial charge in [0, 0.05) is 70.3 Å². The predicted octanol–water partition coefficient (Wildman–Crippen LogP) is 7.24. The Hall–Kier alpha value is -4.64. The number of pyridine rings is 2. The van der Waals surface area contributed by atoms with E-state index in [1.165, 1.54) is 25.3 Å². The minimum atomic E-state index is -1.24. The second-order valence-corrected chi connectivity index (χ2v) is 14.8. The van der Waals surface area contributed by atoms with Crippen LogP contribution in [0.15, 0.2) is 82.5 Å². The SMILES string of the molecule is COC(=O)C1(c2c([N+](=O)[O-])cnc3cc(F)c(Br)cc23)CC(n2cccn2)C1.O=C1Nc2cnc3cc(F)c(Br)cc3c2C12CC(n1cccn1)C2.[Fe]. The fourth-order valence-electron chi connectivity index (χ4n) is 7.89. The number of esters is 1. The molecule has 0 saturated heterocycles. The average molecular weight is 892 g/mol. The van der Waals surface area contributed by atoms with Crippen molar-refractivity contribution in [2.45, 2.75) is 48.6 Å². The van der Waals surface area contributed by atoms with Gasteiger partial charge in [-0.15, -0.1) is 0 Å². The summed E-state index contributed by atoms with van der Waals surface area (Å²) >= 11 is 6.35. The van der Waals surface area contributed by atoms with Crippen LogP contribution in [0.25, 0.3) is 21.8 Å². The third kappa shape index (κ3) is 5.82. The summed E-state index contributed by atoms with van der Waals surface area (Å²) in [7, 11) is 1.25. The second-order valence-electron chi connectivity index (χ2n) is 13.1. The molecule has 2 fully saturated rings. The molecule has 1 amide bonds. The van der Waals surface area contributed by atoms with E-state index in [-0.39, 0.29) is 75.0 Å². The Balaban J connectivity index is 0.000000163. The molecule has 0 atom stereocenters. The summed E-state index contributed by atoms with van der Waals surface area (Å²) in [5.74, 6) is -1.48. The van der Waals surface area contributed by atoms with Crippen molar-refractivity contribution in [3.8, 4) is 0 Å². The molecule has 1 N–H and O–H groups in total. The Kier molecular flexibility index (Phi) is 9.45. The number of carbonyl (C=O) groups is 2. The number of nitrogens with zero attached hydrogens (tertiary/aromatic N) is 7. The zero-order valence-corrected chi connectivity index (χ0v) is 31.7. The van der Waals surface area contributed by atoms with Crippen LogP contribution >= 0.6 is 31.9 Å². The number of aromatic nitrogens is 6. The number of amides is 1. The van der Waals surface area contributed by atoms with Gasteiger partial charge in [-0.2, -0.15) is 10.2 Å². The Labute approximate surface area is 326 Å². The molecule has 1 aliphatic heterocycles. The standard InChI is InChI=1S/C18H14BrFN4O4.C17H12BrFN4O.Fe/c1-28-17(25)18(7-10(8-18)23-4-2-3-22-23)16-11-5-12(19)13(20)6-14(11)21-9-15(16)24(26)27;18-11-4-10-13(5-12(11)19)20-8-14-15(10)17(16(24)22-14)6-9(7-17)23-3-1-2-21-23;/h2-6,9-10H,7-8H2,1H3;1-5,8-9H,6-7H2,(H,22,24);. The summed E-state index contributed by atoms with van der Waals surface area (Å²) in [6.45, 7) is 0. The van der Waals surface area contributed by atoms with E-state index < -0.39 is 27.5 Å². The van der Waals surface area contributed by atoms with Gasteiger partial charge in [0.15, 0.2) is 0 Å². The topological polar surface area (TPSA) is 160 Å². The van der Waals surface area contributed by atoms with Gasteiger partial charge in [0.2, 0.25) is 5.91 Å². The van der Waals surface area contributed by atoms with Crippen LogP contribution in [0, 0.1) is 21.7 Å². The van der Waals surface area contributed by atoms with Crippen molar-refractivity contribution in [3.63, 3.8) is 0 Å². The van der Waals surface area contributed by atoms with E-state index >= 15 is 0 Å². The molecule has 0 radical (unpaired) electrons. The molecule has 1 spiro atoms. The number of halogens is 4. The van der Waals surface area contributed by atoms with Crippen molar-refractivity contribution >= 4 is 76.9 Å². The Bertz CT molecular complexity index is 2440. The molecular formula is C35H26Br2F2FeN8O5. The number of benzene rings is 2. The number of hydrogen-bond donors (Lipinski definition) is 1. The van der Waals surface area contributed by atoms with Crippen LogP contribution in [0.4, 0.5) is 20.2 Å². The van der Waals surface area contributed by atoms with Gasteiger partial charge in [0.25, 0.3) is 5.69 Å². The summed E-state index contributed by atoms with van der Waals surface area (Å²) in [5.41, 5.74) is 0.525. The van der Waals surface area contributed by atoms with E-state index in [0.29, 0.717) is 28.2 Å². The van der Waals surface area contributed by atoms with Crippen LogP contribution in [-0.4, -0.2) is 53.4 Å². The number of rotatable bonds is 5. The molecule has 9 rings (SSSR count). The number of anilines is 1. The zero-order valence-electron chi connectivity index (χ0n) is 27.4. The molecule has 2 aromatic carbocycles. The summed E-state index contributed by atoms with van der Waals surface area (Å²) in [5, 5.41) is 24.3. The average Bonchev–Trinajstić information content (AvgIpc) is 3.86. The van der Waals surface area contributed by atoms with Crippen LogP contribution in [0.5, 0.6) is 0 Å². The third-order valence-corrected chi connectivity index (χ3v) is 11.6. The van der Waals surface area contributed by atoms with Crippen molar-refractivity contribution in [2.24, 2.45) is 0 Å². The van der Waals surface area contributed by atoms with Crippen molar-refractivity contribution < 1.29 is 45.1 Å². The maximum atomic E-state index is 14.0. The van der Waals surface area contributed by atoms with Gasteiger partial charge in [0.1, 0.15) is 23.2 Å². The molecule has 3 aliphatic rings. The maximum Gasteiger partial charge on any atom is 0.316 e. The summed E-state index contributed by atoms with van der Waals surface area (Å²) < 4.78 is 37.0. The van der Waals surface area contributed by atoms with Gasteiger partial charge in [-0.3, -0.25) is 34.1 Å². The Morgan fingerprint density at radius 3 is 1.94 bits per heavy atom. The van der Waals surface area contributed by atoms with E-state index in [1.54, 1.807) is 41.6 Å². The summed E-state index contributed by atoms with van der Waals surface area (Å²) in [6, 6.07) is 9.46. The van der Waals surface area contributed by atoms with Crippen LogP contribution in [0.2, 0.25) is 0 Å². The fraction of sp³-hybridized carbons (Fsp3) is 0.257. The molecule has 6 aromatic rings. The quantitative estimate of drug-likeness (QED) is 0.0815. The number of carbonyl (C=O) groups excluding carboxylic acids is 2. The summed E-state index contributed by atoms with van der Waals surface area (Å²) in [4.78, 5) is 45.0. The second kappa shape index (κ2) is 13.6. The molecule has 2 aliphatic carbocycles. The smallest absolute Gasteiger partial charge is 0.316 e. The summed E-state index contributed by atoms with van der Waals surface area (Å²) in [6.07, 6.45) is 11.7.